The topological polar surface area (TPSA) is 23.3 Å². The number of hydrogen-bond donors (Lipinski definition) is 0. The number of nitrogens with zero attached hydrogens (tertiary/aromatic N) is 2. The Balaban J connectivity index is 2.12. The molecule has 1 fully saturated rings. The highest BCUT2D eigenvalue weighted by Gasteiger charge is 2.28. The fraction of sp³-hybridized carbons (Fsp3) is 0.947. The molecule has 0 spiro atoms. The van der Waals surface area contributed by atoms with Crippen molar-refractivity contribution in [1.29, 1.82) is 0 Å². The lowest BCUT2D eigenvalue weighted by Gasteiger charge is -2.23. The molecule has 0 radical (unpaired) electrons. The molecule has 0 N–H and O–H groups in total. The van der Waals surface area contributed by atoms with Crippen molar-refractivity contribution in [2.24, 2.45) is 0 Å². The van der Waals surface area contributed by atoms with Gasteiger partial charge in [-0.2, -0.15) is 0 Å². The second kappa shape index (κ2) is 12.8. The fourth-order valence-corrected chi connectivity index (χ4v) is 2.91. The minimum absolute atomic E-state index is 0.294. The second-order valence-electron chi connectivity index (χ2n) is 6.79. The van der Waals surface area contributed by atoms with Crippen LogP contribution in [0, 0.1) is 0 Å². The Bertz CT molecular complexity index is 261. The summed E-state index contributed by atoms with van der Waals surface area (Å²) in [4.78, 5) is 16.4. The predicted molar refractivity (Wildman–Crippen MR) is 95.3 cm³/mol. The standard InChI is InChI=1S/C19H38N2O/c1-3-5-7-9-11-13-15-20(19(22)21-17-18-21)16-14-12-10-8-6-4-2/h3-18H2,1-2H3. The molecule has 130 valence electrons. The zero-order valence-corrected chi connectivity index (χ0v) is 15.1. The molecular weight excluding hydrogens is 272 g/mol. The van der Waals surface area contributed by atoms with Crippen LogP contribution < -0.4 is 0 Å². The van der Waals surface area contributed by atoms with Crippen molar-refractivity contribution in [3.8, 4) is 0 Å². The molecule has 1 aliphatic heterocycles. The molecular formula is C19H38N2O. The van der Waals surface area contributed by atoms with Crippen molar-refractivity contribution in [3.63, 3.8) is 0 Å². The summed E-state index contributed by atoms with van der Waals surface area (Å²) in [6, 6.07) is 0.294. The highest BCUT2D eigenvalue weighted by atomic mass is 16.2. The van der Waals surface area contributed by atoms with E-state index in [1.54, 1.807) is 0 Å². The molecule has 0 aliphatic carbocycles. The van der Waals surface area contributed by atoms with Crippen molar-refractivity contribution in [2.45, 2.75) is 90.9 Å². The summed E-state index contributed by atoms with van der Waals surface area (Å²) < 4.78 is 0. The molecule has 0 aromatic rings. The van der Waals surface area contributed by atoms with Crippen LogP contribution >= 0.6 is 0 Å². The van der Waals surface area contributed by atoms with Crippen LogP contribution in [0.3, 0.4) is 0 Å². The summed E-state index contributed by atoms with van der Waals surface area (Å²) in [5.41, 5.74) is 0. The minimum Gasteiger partial charge on any atom is -0.325 e. The molecule has 2 amide bonds. The average Bonchev–Trinajstić information content (AvgIpc) is 3.36. The fourth-order valence-electron chi connectivity index (χ4n) is 2.91. The van der Waals surface area contributed by atoms with Crippen LogP contribution in [-0.2, 0) is 0 Å². The smallest absolute Gasteiger partial charge is 0.320 e. The Morgan fingerprint density at radius 2 is 1.14 bits per heavy atom. The Kier molecular flexibility index (Phi) is 11.2. The second-order valence-corrected chi connectivity index (χ2v) is 6.79. The van der Waals surface area contributed by atoms with Crippen molar-refractivity contribution in [1.82, 2.24) is 9.80 Å². The lowest BCUT2D eigenvalue weighted by atomic mass is 10.1. The van der Waals surface area contributed by atoms with E-state index in [2.05, 4.69) is 18.7 Å². The molecule has 0 aromatic heterocycles. The van der Waals surface area contributed by atoms with Gasteiger partial charge in [0.2, 0.25) is 0 Å². The maximum absolute atomic E-state index is 12.3. The monoisotopic (exact) mass is 310 g/mol. The van der Waals surface area contributed by atoms with Crippen LogP contribution in [0.15, 0.2) is 0 Å². The molecule has 1 aliphatic rings. The maximum atomic E-state index is 12.3. The molecule has 0 unspecified atom stereocenters. The molecule has 3 nitrogen and oxygen atoms in total. The lowest BCUT2D eigenvalue weighted by molar-refractivity contribution is 0.181. The van der Waals surface area contributed by atoms with Gasteiger partial charge < -0.3 is 9.80 Å². The normalized spacial score (nSPS) is 13.5. The first-order valence-electron chi connectivity index (χ1n) is 9.83. The molecule has 0 saturated carbocycles. The number of urea groups is 1. The van der Waals surface area contributed by atoms with Gasteiger partial charge in [0.05, 0.1) is 0 Å². The quantitative estimate of drug-likeness (QED) is 0.309. The highest BCUT2D eigenvalue weighted by molar-refractivity contribution is 5.76. The van der Waals surface area contributed by atoms with Crippen molar-refractivity contribution in [3.05, 3.63) is 0 Å². The van der Waals surface area contributed by atoms with E-state index in [0.29, 0.717) is 6.03 Å². The Morgan fingerprint density at radius 3 is 1.55 bits per heavy atom. The molecule has 0 atom stereocenters. The zero-order chi connectivity index (χ0) is 16.0. The average molecular weight is 311 g/mol. The molecule has 1 rings (SSSR count). The third-order valence-corrected chi connectivity index (χ3v) is 4.55. The van der Waals surface area contributed by atoms with Gasteiger partial charge in [-0.15, -0.1) is 0 Å². The van der Waals surface area contributed by atoms with Gasteiger partial charge in [-0.1, -0.05) is 78.1 Å². The van der Waals surface area contributed by atoms with E-state index in [0.717, 1.165) is 26.2 Å². The van der Waals surface area contributed by atoms with E-state index >= 15 is 0 Å². The van der Waals surface area contributed by atoms with Crippen LogP contribution in [0.25, 0.3) is 0 Å². The van der Waals surface area contributed by atoms with Crippen LogP contribution in [0.4, 0.5) is 4.79 Å². The van der Waals surface area contributed by atoms with Gasteiger partial charge in [0.1, 0.15) is 0 Å². The first-order chi connectivity index (χ1) is 10.8. The minimum atomic E-state index is 0.294. The van der Waals surface area contributed by atoms with Gasteiger partial charge in [0.15, 0.2) is 0 Å². The van der Waals surface area contributed by atoms with Crippen molar-refractivity contribution in [2.75, 3.05) is 26.2 Å². The van der Waals surface area contributed by atoms with E-state index in [9.17, 15) is 4.79 Å². The van der Waals surface area contributed by atoms with E-state index in [1.807, 2.05) is 4.90 Å². The summed E-state index contributed by atoms with van der Waals surface area (Å²) in [5.74, 6) is 0. The summed E-state index contributed by atoms with van der Waals surface area (Å²) >= 11 is 0. The highest BCUT2D eigenvalue weighted by Crippen LogP contribution is 2.13. The van der Waals surface area contributed by atoms with Gasteiger partial charge in [-0.05, 0) is 12.8 Å². The van der Waals surface area contributed by atoms with Gasteiger partial charge in [-0.25, -0.2) is 4.79 Å². The number of hydrogen-bond acceptors (Lipinski definition) is 1. The molecule has 1 heterocycles. The van der Waals surface area contributed by atoms with E-state index in [1.165, 1.54) is 77.0 Å². The van der Waals surface area contributed by atoms with Crippen LogP contribution in [0.5, 0.6) is 0 Å². The summed E-state index contributed by atoms with van der Waals surface area (Å²) in [5, 5.41) is 0. The van der Waals surface area contributed by atoms with Crippen LogP contribution in [-0.4, -0.2) is 42.0 Å². The van der Waals surface area contributed by atoms with Gasteiger partial charge >= 0.3 is 6.03 Å². The number of amides is 2. The van der Waals surface area contributed by atoms with E-state index in [-0.39, 0.29) is 0 Å². The Morgan fingerprint density at radius 1 is 0.727 bits per heavy atom. The predicted octanol–water partition coefficient (Wildman–Crippen LogP) is 5.45. The number of rotatable bonds is 14. The van der Waals surface area contributed by atoms with Gasteiger partial charge in [0.25, 0.3) is 0 Å². The maximum Gasteiger partial charge on any atom is 0.320 e. The summed E-state index contributed by atoms with van der Waals surface area (Å²) in [7, 11) is 0. The molecule has 22 heavy (non-hydrogen) atoms. The number of carbonyl (C=O) groups is 1. The summed E-state index contributed by atoms with van der Waals surface area (Å²) in [6.45, 7) is 8.40. The molecule has 1 saturated heterocycles. The largest absolute Gasteiger partial charge is 0.325 e. The third-order valence-electron chi connectivity index (χ3n) is 4.55. The Hall–Kier alpha value is -0.730. The van der Waals surface area contributed by atoms with Gasteiger partial charge in [-0.3, -0.25) is 0 Å². The van der Waals surface area contributed by atoms with E-state index < -0.39 is 0 Å². The van der Waals surface area contributed by atoms with Crippen LogP contribution in [0.2, 0.25) is 0 Å². The molecule has 0 aromatic carbocycles. The Labute approximate surface area is 138 Å². The number of unbranched alkanes of at least 4 members (excludes halogenated alkanes) is 10. The third kappa shape index (κ3) is 9.32. The molecule has 0 bridgehead atoms. The SMILES string of the molecule is CCCCCCCCN(CCCCCCCC)C(=O)N1CC1. The van der Waals surface area contributed by atoms with Gasteiger partial charge in [0, 0.05) is 26.2 Å². The first-order valence-corrected chi connectivity index (χ1v) is 9.83. The zero-order valence-electron chi connectivity index (χ0n) is 15.1. The van der Waals surface area contributed by atoms with Crippen LogP contribution in [0.1, 0.15) is 90.9 Å². The van der Waals surface area contributed by atoms with E-state index in [4.69, 9.17) is 0 Å². The number of carbonyl (C=O) groups excluding carboxylic acids is 1. The van der Waals surface area contributed by atoms with Crippen molar-refractivity contribution >= 4 is 6.03 Å². The molecule has 3 heteroatoms. The first kappa shape index (κ1) is 19.3. The summed E-state index contributed by atoms with van der Waals surface area (Å²) in [6.07, 6.45) is 15.6. The van der Waals surface area contributed by atoms with Crippen molar-refractivity contribution < 1.29 is 4.79 Å². The lowest BCUT2D eigenvalue weighted by Crippen LogP contribution is -2.36.